The number of nitrogens with zero attached hydrogens (tertiary/aromatic N) is 1. The van der Waals surface area contributed by atoms with E-state index in [0.717, 1.165) is 30.7 Å². The van der Waals surface area contributed by atoms with E-state index in [-0.39, 0.29) is 24.1 Å². The zero-order valence-corrected chi connectivity index (χ0v) is 14.2. The van der Waals surface area contributed by atoms with Crippen molar-refractivity contribution in [3.8, 4) is 0 Å². The lowest BCUT2D eigenvalue weighted by Gasteiger charge is -2.36. The van der Waals surface area contributed by atoms with E-state index in [1.807, 2.05) is 6.92 Å². The Kier molecular flexibility index (Phi) is 12.2. The molecule has 1 atom stereocenters. The van der Waals surface area contributed by atoms with Crippen molar-refractivity contribution in [1.29, 1.82) is 0 Å². The molecule has 4 nitrogen and oxygen atoms in total. The van der Waals surface area contributed by atoms with E-state index < -0.39 is 5.97 Å². The van der Waals surface area contributed by atoms with Gasteiger partial charge in [0.1, 0.15) is 12.6 Å². The van der Waals surface area contributed by atoms with E-state index in [2.05, 4.69) is 20.8 Å². The maximum Gasteiger partial charge on any atom is 0.105 e. The third-order valence-electron chi connectivity index (χ3n) is 3.67. The molecule has 0 aliphatic rings. The van der Waals surface area contributed by atoms with Crippen molar-refractivity contribution in [2.75, 3.05) is 26.2 Å². The van der Waals surface area contributed by atoms with Crippen molar-refractivity contribution in [2.24, 2.45) is 0 Å². The number of quaternary nitrogens is 1. The van der Waals surface area contributed by atoms with Crippen molar-refractivity contribution >= 4 is 18.4 Å². The number of carbonyl (C=O) groups is 1. The van der Waals surface area contributed by atoms with Crippen LogP contribution in [-0.2, 0) is 0 Å². The molecule has 0 saturated carbocycles. The van der Waals surface area contributed by atoms with Gasteiger partial charge in [-0.25, -0.2) is 0 Å². The average molecular weight is 318 g/mol. The Balaban J connectivity index is 0. The molecule has 1 N–H and O–H groups in total. The number of likely N-dealkylation sites (N-methyl/N-ethyl adjacent to an activating group) is 1. The minimum atomic E-state index is -1.13. The lowest BCUT2D eigenvalue weighted by atomic mass is 10.2. The fourth-order valence-electron chi connectivity index (χ4n) is 2.19. The predicted molar refractivity (Wildman–Crippen MR) is 86.5 cm³/mol. The summed E-state index contributed by atoms with van der Waals surface area (Å²) >= 11 is 0. The highest BCUT2D eigenvalue weighted by Gasteiger charge is 2.22. The number of hydrogen-bond acceptors (Lipinski definition) is 3. The van der Waals surface area contributed by atoms with Gasteiger partial charge >= 0.3 is 0 Å². The first kappa shape index (κ1) is 22.2. The number of aromatic carboxylic acids is 1. The largest absolute Gasteiger partial charge is 0.545 e. The zero-order chi connectivity index (χ0) is 15.6. The molecular formula is C16H28ClNO3. The van der Waals surface area contributed by atoms with Gasteiger partial charge in [0.15, 0.2) is 0 Å². The van der Waals surface area contributed by atoms with Crippen LogP contribution >= 0.6 is 12.4 Å². The van der Waals surface area contributed by atoms with Crippen LogP contribution in [-0.4, -0.2) is 47.8 Å². The summed E-state index contributed by atoms with van der Waals surface area (Å²) in [6.07, 6.45) is -0.171. The predicted octanol–water partition coefficient (Wildman–Crippen LogP) is 1.72. The first-order valence-corrected chi connectivity index (χ1v) is 7.20. The Bertz CT molecular complexity index is 370. The van der Waals surface area contributed by atoms with Crippen molar-refractivity contribution in [3.05, 3.63) is 35.9 Å². The van der Waals surface area contributed by atoms with Gasteiger partial charge in [-0.15, -0.1) is 12.4 Å². The first-order chi connectivity index (χ1) is 9.40. The van der Waals surface area contributed by atoms with E-state index in [9.17, 15) is 15.0 Å². The number of aliphatic hydroxyl groups is 1. The number of carboxylic acid groups (broad SMARTS) is 1. The second-order valence-electron chi connectivity index (χ2n) is 4.98. The zero-order valence-electron chi connectivity index (χ0n) is 13.4. The third kappa shape index (κ3) is 8.71. The summed E-state index contributed by atoms with van der Waals surface area (Å²) in [7, 11) is 0. The van der Waals surface area contributed by atoms with Crippen molar-refractivity contribution < 1.29 is 19.5 Å². The molecule has 1 rings (SSSR count). The number of halogens is 1. The van der Waals surface area contributed by atoms with Gasteiger partial charge in [-0.1, -0.05) is 30.3 Å². The molecule has 0 fully saturated rings. The molecule has 0 radical (unpaired) electrons. The van der Waals surface area contributed by atoms with E-state index in [1.165, 1.54) is 12.1 Å². The van der Waals surface area contributed by atoms with Gasteiger partial charge in [-0.05, 0) is 33.3 Å². The summed E-state index contributed by atoms with van der Waals surface area (Å²) in [5.74, 6) is -1.13. The molecule has 0 spiro atoms. The van der Waals surface area contributed by atoms with Gasteiger partial charge in [0.25, 0.3) is 0 Å². The monoisotopic (exact) mass is 317 g/mol. The number of rotatable bonds is 6. The third-order valence-corrected chi connectivity index (χ3v) is 3.67. The highest BCUT2D eigenvalue weighted by Crippen LogP contribution is 2.06. The number of carbonyl (C=O) groups excluding carboxylic acids is 1. The summed E-state index contributed by atoms with van der Waals surface area (Å²) in [6.45, 7) is 12.7. The second-order valence-corrected chi connectivity index (χ2v) is 4.98. The number of benzene rings is 1. The molecule has 122 valence electrons. The fourth-order valence-corrected chi connectivity index (χ4v) is 2.19. The van der Waals surface area contributed by atoms with Crippen LogP contribution in [0, 0.1) is 0 Å². The van der Waals surface area contributed by atoms with Crippen LogP contribution in [0.15, 0.2) is 30.3 Å². The Hall–Kier alpha value is -1.10. The van der Waals surface area contributed by atoms with Crippen LogP contribution in [0.1, 0.15) is 38.1 Å². The van der Waals surface area contributed by atoms with Crippen LogP contribution in [0.2, 0.25) is 0 Å². The smallest absolute Gasteiger partial charge is 0.105 e. The lowest BCUT2D eigenvalue weighted by molar-refractivity contribution is -0.925. The van der Waals surface area contributed by atoms with E-state index in [4.69, 9.17) is 0 Å². The molecule has 0 heterocycles. The first-order valence-electron chi connectivity index (χ1n) is 7.20. The SMILES string of the molecule is CC[N+](CC)(CC)CC(C)O.Cl.O=C([O-])c1ccccc1. The number of carboxylic acids is 1. The van der Waals surface area contributed by atoms with E-state index >= 15 is 0 Å². The molecule has 1 aromatic rings. The molecule has 0 amide bonds. The molecule has 1 aromatic carbocycles. The van der Waals surface area contributed by atoms with Gasteiger partial charge < -0.3 is 19.5 Å². The summed E-state index contributed by atoms with van der Waals surface area (Å²) in [5, 5.41) is 19.4. The molecule has 0 aliphatic carbocycles. The van der Waals surface area contributed by atoms with Crippen LogP contribution < -0.4 is 5.11 Å². The van der Waals surface area contributed by atoms with Crippen LogP contribution in [0.4, 0.5) is 0 Å². The molecule has 0 aliphatic heterocycles. The highest BCUT2D eigenvalue weighted by atomic mass is 35.5. The topological polar surface area (TPSA) is 60.4 Å². The van der Waals surface area contributed by atoms with Gasteiger partial charge in [0, 0.05) is 0 Å². The number of aliphatic hydroxyl groups excluding tert-OH is 1. The van der Waals surface area contributed by atoms with Crippen LogP contribution in [0.5, 0.6) is 0 Å². The molecule has 0 aromatic heterocycles. The lowest BCUT2D eigenvalue weighted by Crippen LogP contribution is -2.51. The highest BCUT2D eigenvalue weighted by molar-refractivity contribution is 5.85. The maximum absolute atomic E-state index is 10.1. The van der Waals surface area contributed by atoms with Crippen LogP contribution in [0.25, 0.3) is 0 Å². The summed E-state index contributed by atoms with van der Waals surface area (Å²) in [4.78, 5) is 10.1. The van der Waals surface area contributed by atoms with Crippen molar-refractivity contribution in [2.45, 2.75) is 33.8 Å². The van der Waals surface area contributed by atoms with Gasteiger partial charge in [0.05, 0.1) is 25.6 Å². The Morgan fingerprint density at radius 1 is 1.14 bits per heavy atom. The standard InChI is InChI=1S/C9H22NO.C7H6O2.ClH/c1-5-10(6-2,7-3)8-9(4)11;8-7(9)6-4-2-1-3-5-6;/h9,11H,5-8H2,1-4H3;1-5H,(H,8,9);1H/q+1;;/p-1. The quantitative estimate of drug-likeness (QED) is 0.813. The summed E-state index contributed by atoms with van der Waals surface area (Å²) in [6, 6.07) is 8.06. The Morgan fingerprint density at radius 3 is 1.76 bits per heavy atom. The minimum absolute atomic E-state index is 0. The van der Waals surface area contributed by atoms with E-state index in [0.29, 0.717) is 0 Å². The second kappa shape index (κ2) is 11.5. The number of hydrogen-bond donors (Lipinski definition) is 1. The molecule has 1 unspecified atom stereocenters. The van der Waals surface area contributed by atoms with Crippen molar-refractivity contribution in [1.82, 2.24) is 0 Å². The Morgan fingerprint density at radius 2 is 1.57 bits per heavy atom. The molecule has 5 heteroatoms. The molecule has 21 heavy (non-hydrogen) atoms. The normalized spacial score (nSPS) is 11.7. The Labute approximate surface area is 134 Å². The van der Waals surface area contributed by atoms with Crippen molar-refractivity contribution in [3.63, 3.8) is 0 Å². The van der Waals surface area contributed by atoms with Gasteiger partial charge in [0.2, 0.25) is 0 Å². The fraction of sp³-hybridized carbons (Fsp3) is 0.562. The molecule has 0 bridgehead atoms. The van der Waals surface area contributed by atoms with E-state index in [1.54, 1.807) is 18.2 Å². The van der Waals surface area contributed by atoms with Gasteiger partial charge in [-0.2, -0.15) is 0 Å². The summed E-state index contributed by atoms with van der Waals surface area (Å²) in [5.41, 5.74) is 0.220. The average Bonchev–Trinajstić information content (AvgIpc) is 2.46. The van der Waals surface area contributed by atoms with Gasteiger partial charge in [-0.3, -0.25) is 0 Å². The maximum atomic E-state index is 10.1. The summed E-state index contributed by atoms with van der Waals surface area (Å²) < 4.78 is 1.04. The molecule has 0 saturated heterocycles. The minimum Gasteiger partial charge on any atom is -0.545 e. The van der Waals surface area contributed by atoms with Crippen LogP contribution in [0.3, 0.4) is 0 Å². The molecular weight excluding hydrogens is 290 g/mol.